The number of halogens is 1. The first kappa shape index (κ1) is 12.4. The molecule has 0 amide bonds. The fourth-order valence-electron chi connectivity index (χ4n) is 1.65. The Labute approximate surface area is 95.3 Å². The summed E-state index contributed by atoms with van der Waals surface area (Å²) in [7, 11) is 0. The summed E-state index contributed by atoms with van der Waals surface area (Å²) in [5.41, 5.74) is 0. The maximum Gasteiger partial charge on any atom is 0.0826 e. The molecule has 0 aromatic carbocycles. The molecule has 0 bridgehead atoms. The number of nitrogens with one attached hydrogen (secondary N) is 1. The molecule has 0 aromatic rings. The maximum atomic E-state index is 5.67. The van der Waals surface area contributed by atoms with E-state index in [0.29, 0.717) is 6.10 Å². The lowest BCUT2D eigenvalue weighted by atomic mass is 10.2. The first-order chi connectivity index (χ1) is 6.86. The number of hydrogen-bond donors (Lipinski definition) is 1. The molecule has 3 nitrogen and oxygen atoms in total. The lowest BCUT2D eigenvalue weighted by Gasteiger charge is -2.32. The van der Waals surface area contributed by atoms with E-state index in [1.54, 1.807) is 0 Å². The minimum absolute atomic E-state index is 0.388. The Kier molecular flexibility index (Phi) is 6.77. The average Bonchev–Trinajstić information content (AvgIpc) is 2.25. The predicted octanol–water partition coefficient (Wildman–Crippen LogP) is 1.08. The molecule has 1 aliphatic rings. The molecular weight excluding hydrogens is 244 g/mol. The van der Waals surface area contributed by atoms with E-state index in [-0.39, 0.29) is 0 Å². The number of nitrogens with zero attached hydrogens (tertiary/aromatic N) is 1. The van der Waals surface area contributed by atoms with Crippen molar-refractivity contribution in [3.8, 4) is 0 Å². The average molecular weight is 265 g/mol. The Morgan fingerprint density at radius 2 is 2.43 bits per heavy atom. The van der Waals surface area contributed by atoms with E-state index in [9.17, 15) is 0 Å². The zero-order valence-corrected chi connectivity index (χ0v) is 10.6. The van der Waals surface area contributed by atoms with Crippen molar-refractivity contribution in [1.29, 1.82) is 0 Å². The van der Waals surface area contributed by atoms with Gasteiger partial charge in [-0.2, -0.15) is 0 Å². The second-order valence-electron chi connectivity index (χ2n) is 3.63. The SMILES string of the molecule is CCN1CCOC(CNCCCBr)C1. The van der Waals surface area contributed by atoms with Gasteiger partial charge in [0.05, 0.1) is 12.7 Å². The van der Waals surface area contributed by atoms with Crippen molar-refractivity contribution in [2.75, 3.05) is 44.7 Å². The van der Waals surface area contributed by atoms with Crippen LogP contribution in [0.2, 0.25) is 0 Å². The van der Waals surface area contributed by atoms with Gasteiger partial charge in [0, 0.05) is 25.0 Å². The number of alkyl halides is 1. The molecule has 14 heavy (non-hydrogen) atoms. The molecule has 0 radical (unpaired) electrons. The molecule has 0 saturated carbocycles. The lowest BCUT2D eigenvalue weighted by Crippen LogP contribution is -2.46. The molecule has 0 spiro atoms. The topological polar surface area (TPSA) is 24.5 Å². The highest BCUT2D eigenvalue weighted by Gasteiger charge is 2.18. The van der Waals surface area contributed by atoms with Crippen LogP contribution < -0.4 is 5.32 Å². The van der Waals surface area contributed by atoms with Gasteiger partial charge < -0.3 is 10.1 Å². The van der Waals surface area contributed by atoms with Crippen LogP contribution in [-0.4, -0.2) is 55.7 Å². The van der Waals surface area contributed by atoms with Gasteiger partial charge in [-0.3, -0.25) is 4.90 Å². The van der Waals surface area contributed by atoms with Crippen LogP contribution in [-0.2, 0) is 4.74 Å². The molecule has 0 aliphatic carbocycles. The second-order valence-corrected chi connectivity index (χ2v) is 4.43. The summed E-state index contributed by atoms with van der Waals surface area (Å²) in [6.45, 7) is 8.48. The summed E-state index contributed by atoms with van der Waals surface area (Å²) in [6.07, 6.45) is 1.57. The molecule has 1 unspecified atom stereocenters. The van der Waals surface area contributed by atoms with Crippen molar-refractivity contribution in [2.45, 2.75) is 19.4 Å². The Morgan fingerprint density at radius 1 is 1.57 bits per heavy atom. The number of hydrogen-bond acceptors (Lipinski definition) is 3. The minimum atomic E-state index is 0.388. The van der Waals surface area contributed by atoms with Gasteiger partial charge in [-0.1, -0.05) is 22.9 Å². The highest BCUT2D eigenvalue weighted by Crippen LogP contribution is 2.03. The summed E-state index contributed by atoms with van der Waals surface area (Å²) >= 11 is 3.42. The van der Waals surface area contributed by atoms with Gasteiger partial charge >= 0.3 is 0 Å². The summed E-state index contributed by atoms with van der Waals surface area (Å²) in [6, 6.07) is 0. The smallest absolute Gasteiger partial charge is 0.0826 e. The molecule has 1 N–H and O–H groups in total. The number of ether oxygens (including phenoxy) is 1. The quantitative estimate of drug-likeness (QED) is 0.574. The molecule has 1 saturated heterocycles. The Morgan fingerprint density at radius 3 is 3.14 bits per heavy atom. The standard InChI is InChI=1S/C10H21BrN2O/c1-2-13-6-7-14-10(9-13)8-12-5-3-4-11/h10,12H,2-9H2,1H3. The zero-order chi connectivity index (χ0) is 10.2. The van der Waals surface area contributed by atoms with Crippen molar-refractivity contribution >= 4 is 15.9 Å². The molecule has 84 valence electrons. The Balaban J connectivity index is 2.05. The van der Waals surface area contributed by atoms with E-state index >= 15 is 0 Å². The highest BCUT2D eigenvalue weighted by atomic mass is 79.9. The fourth-order valence-corrected chi connectivity index (χ4v) is 1.93. The van der Waals surface area contributed by atoms with E-state index in [2.05, 4.69) is 33.1 Å². The van der Waals surface area contributed by atoms with Crippen LogP contribution in [0.3, 0.4) is 0 Å². The van der Waals surface area contributed by atoms with Crippen molar-refractivity contribution in [1.82, 2.24) is 10.2 Å². The molecular formula is C10H21BrN2O. The minimum Gasteiger partial charge on any atom is -0.374 e. The van der Waals surface area contributed by atoms with Gasteiger partial charge in [0.15, 0.2) is 0 Å². The van der Waals surface area contributed by atoms with E-state index in [0.717, 1.165) is 44.7 Å². The zero-order valence-electron chi connectivity index (χ0n) is 8.97. The van der Waals surface area contributed by atoms with E-state index < -0.39 is 0 Å². The predicted molar refractivity (Wildman–Crippen MR) is 63.1 cm³/mol. The normalized spacial score (nSPS) is 24.0. The van der Waals surface area contributed by atoms with Gasteiger partial charge in [0.1, 0.15) is 0 Å². The number of morpholine rings is 1. The maximum absolute atomic E-state index is 5.67. The first-order valence-corrected chi connectivity index (χ1v) is 6.59. The van der Waals surface area contributed by atoms with Gasteiger partial charge in [-0.15, -0.1) is 0 Å². The largest absolute Gasteiger partial charge is 0.374 e. The van der Waals surface area contributed by atoms with Crippen molar-refractivity contribution in [3.05, 3.63) is 0 Å². The van der Waals surface area contributed by atoms with Gasteiger partial charge in [0.25, 0.3) is 0 Å². The lowest BCUT2D eigenvalue weighted by molar-refractivity contribution is -0.0251. The van der Waals surface area contributed by atoms with Gasteiger partial charge in [0.2, 0.25) is 0 Å². The van der Waals surface area contributed by atoms with Crippen molar-refractivity contribution in [3.63, 3.8) is 0 Å². The molecule has 4 heteroatoms. The molecule has 1 aliphatic heterocycles. The second kappa shape index (κ2) is 7.63. The summed E-state index contributed by atoms with van der Waals surface area (Å²) in [5.74, 6) is 0. The van der Waals surface area contributed by atoms with Crippen LogP contribution in [0.1, 0.15) is 13.3 Å². The summed E-state index contributed by atoms with van der Waals surface area (Å²) in [4.78, 5) is 2.44. The summed E-state index contributed by atoms with van der Waals surface area (Å²) in [5, 5.41) is 4.50. The number of rotatable bonds is 6. The third-order valence-corrected chi connectivity index (χ3v) is 3.09. The Hall–Kier alpha value is 0.360. The molecule has 1 fully saturated rings. The van der Waals surface area contributed by atoms with Crippen molar-refractivity contribution in [2.24, 2.45) is 0 Å². The van der Waals surface area contributed by atoms with Crippen LogP contribution >= 0.6 is 15.9 Å². The molecule has 1 heterocycles. The fraction of sp³-hybridized carbons (Fsp3) is 1.00. The summed E-state index contributed by atoms with van der Waals surface area (Å²) < 4.78 is 5.67. The van der Waals surface area contributed by atoms with Crippen LogP contribution in [0.25, 0.3) is 0 Å². The van der Waals surface area contributed by atoms with Crippen molar-refractivity contribution < 1.29 is 4.74 Å². The first-order valence-electron chi connectivity index (χ1n) is 5.47. The van der Waals surface area contributed by atoms with Crippen LogP contribution in [0, 0.1) is 0 Å². The monoisotopic (exact) mass is 264 g/mol. The van der Waals surface area contributed by atoms with Gasteiger partial charge in [-0.05, 0) is 19.5 Å². The van der Waals surface area contributed by atoms with Crippen LogP contribution in [0.15, 0.2) is 0 Å². The Bertz CT molecular complexity index is 146. The molecule has 1 rings (SSSR count). The third-order valence-electron chi connectivity index (χ3n) is 2.53. The third kappa shape index (κ3) is 4.73. The molecule has 0 aromatic heterocycles. The number of likely N-dealkylation sites (N-methyl/N-ethyl adjacent to an activating group) is 1. The van der Waals surface area contributed by atoms with E-state index in [1.807, 2.05) is 0 Å². The molecule has 1 atom stereocenters. The van der Waals surface area contributed by atoms with Crippen LogP contribution in [0.4, 0.5) is 0 Å². The van der Waals surface area contributed by atoms with E-state index in [4.69, 9.17) is 4.74 Å². The van der Waals surface area contributed by atoms with Crippen LogP contribution in [0.5, 0.6) is 0 Å². The highest BCUT2D eigenvalue weighted by molar-refractivity contribution is 9.09. The van der Waals surface area contributed by atoms with E-state index in [1.165, 1.54) is 6.42 Å². The van der Waals surface area contributed by atoms with Gasteiger partial charge in [-0.25, -0.2) is 0 Å².